The van der Waals surface area contributed by atoms with Crippen molar-refractivity contribution >= 4 is 24.2 Å². The van der Waals surface area contributed by atoms with Gasteiger partial charge >= 0.3 is 0 Å². The van der Waals surface area contributed by atoms with Crippen LogP contribution < -0.4 is 10.4 Å². The van der Waals surface area contributed by atoms with Crippen LogP contribution >= 0.6 is 12.4 Å². The number of nitrogens with one attached hydrogen (secondary N) is 2. The molecule has 2 fully saturated rings. The van der Waals surface area contributed by atoms with Crippen molar-refractivity contribution in [3.63, 3.8) is 0 Å². The Labute approximate surface area is 206 Å². The van der Waals surface area contributed by atoms with Crippen LogP contribution in [0.2, 0.25) is 0 Å². The first-order valence-corrected chi connectivity index (χ1v) is 11.7. The van der Waals surface area contributed by atoms with Crippen molar-refractivity contribution in [1.29, 1.82) is 0 Å². The first kappa shape index (κ1) is 26.1. The fourth-order valence-electron chi connectivity index (χ4n) is 4.58. The molecule has 2 aromatic rings. The monoisotopic (exact) mass is 489 g/mol. The first-order chi connectivity index (χ1) is 15.7. The van der Waals surface area contributed by atoms with Crippen molar-refractivity contribution in [2.24, 2.45) is 5.92 Å². The van der Waals surface area contributed by atoms with E-state index in [1.807, 2.05) is 17.0 Å². The Kier molecular flexibility index (Phi) is 8.34. The molecule has 2 amide bonds. The van der Waals surface area contributed by atoms with Crippen LogP contribution in [0.5, 0.6) is 0 Å². The normalized spacial score (nSPS) is 22.0. The average Bonchev–Trinajstić information content (AvgIpc) is 3.62. The van der Waals surface area contributed by atoms with E-state index in [0.717, 1.165) is 18.4 Å². The first-order valence-electron chi connectivity index (χ1n) is 11.7. The van der Waals surface area contributed by atoms with Gasteiger partial charge in [-0.1, -0.05) is 24.3 Å². The zero-order chi connectivity index (χ0) is 23.7. The largest absolute Gasteiger partial charge is 0.634 e. The highest BCUT2D eigenvalue weighted by atomic mass is 35.5. The van der Waals surface area contributed by atoms with Crippen LogP contribution in [-0.2, 0) is 11.3 Å². The summed E-state index contributed by atoms with van der Waals surface area (Å²) in [4.78, 5) is 28.4. The lowest BCUT2D eigenvalue weighted by atomic mass is 9.90. The highest BCUT2D eigenvalue weighted by Crippen LogP contribution is 2.31. The Morgan fingerprint density at radius 1 is 1.12 bits per heavy atom. The molecule has 6 nitrogen and oxygen atoms in total. The average molecular weight is 490 g/mol. The van der Waals surface area contributed by atoms with Crippen molar-refractivity contribution in [2.75, 3.05) is 13.1 Å². The lowest BCUT2D eigenvalue weighted by Crippen LogP contribution is -3.10. The molecule has 0 aromatic heterocycles. The summed E-state index contributed by atoms with van der Waals surface area (Å²) < 4.78 is 14.0. The van der Waals surface area contributed by atoms with Gasteiger partial charge in [-0.05, 0) is 68.0 Å². The minimum absolute atomic E-state index is 0. The van der Waals surface area contributed by atoms with Gasteiger partial charge in [-0.15, -0.1) is 12.4 Å². The summed E-state index contributed by atoms with van der Waals surface area (Å²) in [6.07, 6.45) is 2.32. The number of hydroxylamine groups is 2. The maximum atomic E-state index is 14.0. The van der Waals surface area contributed by atoms with E-state index in [1.165, 1.54) is 17.2 Å². The van der Waals surface area contributed by atoms with Gasteiger partial charge in [0.1, 0.15) is 11.7 Å². The van der Waals surface area contributed by atoms with Crippen molar-refractivity contribution in [1.82, 2.24) is 10.2 Å². The molecule has 34 heavy (non-hydrogen) atoms. The van der Waals surface area contributed by atoms with Gasteiger partial charge < -0.3 is 20.5 Å². The fraction of sp³-hybridized carbons (Fsp3) is 0.462. The van der Waals surface area contributed by atoms with Crippen LogP contribution in [-0.4, -0.2) is 41.9 Å². The van der Waals surface area contributed by atoms with Crippen molar-refractivity contribution in [2.45, 2.75) is 58.7 Å². The summed E-state index contributed by atoms with van der Waals surface area (Å²) in [6, 6.07) is 10.2. The molecule has 2 aliphatic rings. The number of amides is 2. The number of carbonyl (C=O) groups excluding carboxylic acids is 2. The number of hydrogen-bond acceptors (Lipinski definition) is 3. The zero-order valence-electron chi connectivity index (χ0n) is 19.9. The number of hydrogen-bond donors (Lipinski definition) is 2. The molecular formula is C26H33ClFN3O3. The van der Waals surface area contributed by atoms with Crippen LogP contribution in [0.4, 0.5) is 4.39 Å². The third-order valence-electron chi connectivity index (χ3n) is 7.06. The number of carbonyl (C=O) groups is 2. The summed E-state index contributed by atoms with van der Waals surface area (Å²) >= 11 is 0. The molecule has 8 heteroatoms. The van der Waals surface area contributed by atoms with E-state index in [-0.39, 0.29) is 41.5 Å². The molecule has 0 bridgehead atoms. The van der Waals surface area contributed by atoms with Gasteiger partial charge in [-0.3, -0.25) is 9.59 Å². The van der Waals surface area contributed by atoms with E-state index in [2.05, 4.69) is 25.2 Å². The lowest BCUT2D eigenvalue weighted by molar-refractivity contribution is -0.856. The number of aryl methyl sites for hydroxylation is 2. The molecule has 1 aliphatic heterocycles. The molecule has 4 rings (SSSR count). The Balaban J connectivity index is 0.00000324. The van der Waals surface area contributed by atoms with Crippen molar-refractivity contribution in [3.8, 4) is 0 Å². The summed E-state index contributed by atoms with van der Waals surface area (Å²) in [6.45, 7) is 6.72. The van der Waals surface area contributed by atoms with E-state index in [9.17, 15) is 19.2 Å². The van der Waals surface area contributed by atoms with E-state index < -0.39 is 23.7 Å². The molecule has 0 spiro atoms. The summed E-state index contributed by atoms with van der Waals surface area (Å²) in [7, 11) is 0. The molecule has 2 N–H and O–H groups in total. The fourth-order valence-corrected chi connectivity index (χ4v) is 4.58. The van der Waals surface area contributed by atoms with Crippen molar-refractivity contribution < 1.29 is 19.0 Å². The topological polar surface area (TPSA) is 76.9 Å². The molecule has 1 heterocycles. The van der Waals surface area contributed by atoms with Gasteiger partial charge in [-0.2, -0.15) is 0 Å². The van der Waals surface area contributed by atoms with Gasteiger partial charge in [0.25, 0.3) is 5.91 Å². The summed E-state index contributed by atoms with van der Waals surface area (Å²) in [5, 5.41) is 15.3. The van der Waals surface area contributed by atoms with Crippen LogP contribution in [0.1, 0.15) is 51.9 Å². The molecule has 3 atom stereocenters. The molecule has 2 aromatic carbocycles. The number of nitrogens with zero attached hydrogens (tertiary/aromatic N) is 1. The maximum Gasteiger partial charge on any atom is 0.251 e. The van der Waals surface area contributed by atoms with Crippen LogP contribution in [0.15, 0.2) is 36.4 Å². The van der Waals surface area contributed by atoms with E-state index in [4.69, 9.17) is 0 Å². The van der Waals surface area contributed by atoms with E-state index >= 15 is 0 Å². The molecule has 1 saturated carbocycles. The predicted molar refractivity (Wildman–Crippen MR) is 131 cm³/mol. The predicted octanol–water partition coefficient (Wildman–Crippen LogP) is 2.86. The third-order valence-corrected chi connectivity index (χ3v) is 7.06. The SMILES string of the molecule is Cc1ccc(C(=O)NC2CC[NH+]([O-])CC2C(=O)N(Cc2cccc(C)c2C)C2CC2)cc1F.Cl. The van der Waals surface area contributed by atoms with Crippen LogP contribution in [0.3, 0.4) is 0 Å². The summed E-state index contributed by atoms with van der Waals surface area (Å²) in [5.41, 5.74) is 4.14. The minimum atomic E-state index is -0.601. The molecular weight excluding hydrogens is 457 g/mol. The van der Waals surface area contributed by atoms with E-state index in [0.29, 0.717) is 25.1 Å². The van der Waals surface area contributed by atoms with Gasteiger partial charge in [-0.25, -0.2) is 4.39 Å². The Morgan fingerprint density at radius 3 is 2.53 bits per heavy atom. The van der Waals surface area contributed by atoms with Gasteiger partial charge in [0.2, 0.25) is 5.91 Å². The highest BCUT2D eigenvalue weighted by Gasteiger charge is 2.42. The number of halogens is 2. The lowest BCUT2D eigenvalue weighted by Gasteiger charge is -2.39. The number of quaternary nitrogens is 1. The Morgan fingerprint density at radius 2 is 1.85 bits per heavy atom. The summed E-state index contributed by atoms with van der Waals surface area (Å²) in [5.74, 6) is -1.54. The number of benzene rings is 2. The number of rotatable bonds is 6. The maximum absolute atomic E-state index is 14.0. The van der Waals surface area contributed by atoms with Crippen LogP contribution in [0, 0.1) is 37.7 Å². The third kappa shape index (κ3) is 5.77. The second kappa shape index (κ2) is 10.8. The Hall–Kier alpha value is -2.48. The molecule has 3 unspecified atom stereocenters. The smallest absolute Gasteiger partial charge is 0.251 e. The van der Waals surface area contributed by atoms with E-state index in [1.54, 1.807) is 19.1 Å². The van der Waals surface area contributed by atoms with Gasteiger partial charge in [0, 0.05) is 24.6 Å². The second-order valence-electron chi connectivity index (χ2n) is 9.49. The van der Waals surface area contributed by atoms with Crippen molar-refractivity contribution in [3.05, 3.63) is 75.2 Å². The minimum Gasteiger partial charge on any atom is -0.634 e. The zero-order valence-corrected chi connectivity index (χ0v) is 20.7. The standard InChI is InChI=1S/C26H32FN3O3.ClH/c1-16-5-4-6-20(18(16)3)14-30(21-9-10-21)26(32)22-15-29(33)12-11-24(22)28-25(31)19-8-7-17(2)23(27)13-19;/h4-8,13,21-22,24,29H,9-12,14-15H2,1-3H3,(H,28,31);1H. The highest BCUT2D eigenvalue weighted by molar-refractivity contribution is 5.95. The van der Waals surface area contributed by atoms with Crippen LogP contribution in [0.25, 0.3) is 0 Å². The molecule has 1 saturated heterocycles. The number of piperidine rings is 1. The quantitative estimate of drug-likeness (QED) is 0.612. The molecule has 184 valence electrons. The molecule has 0 radical (unpaired) electrons. The van der Waals surface area contributed by atoms with Gasteiger partial charge in [0.15, 0.2) is 0 Å². The molecule has 1 aliphatic carbocycles. The second-order valence-corrected chi connectivity index (χ2v) is 9.49. The van der Waals surface area contributed by atoms with Gasteiger partial charge in [0.05, 0.1) is 19.1 Å². The Bertz CT molecular complexity index is 1060.